The molecule has 0 saturated carbocycles. The second kappa shape index (κ2) is 12.5. The van der Waals surface area contributed by atoms with Crippen molar-refractivity contribution in [3.63, 3.8) is 0 Å². The predicted molar refractivity (Wildman–Crippen MR) is 141 cm³/mol. The largest absolute Gasteiger partial charge is 0.489 e. The molecule has 200 valence electrons. The van der Waals surface area contributed by atoms with Gasteiger partial charge in [-0.05, 0) is 44.5 Å². The van der Waals surface area contributed by atoms with Gasteiger partial charge in [0.2, 0.25) is 5.91 Å². The number of amides is 3. The first-order chi connectivity index (χ1) is 17.5. The number of anilines is 1. The first-order valence-corrected chi connectivity index (χ1v) is 12.5. The summed E-state index contributed by atoms with van der Waals surface area (Å²) in [7, 11) is 1.53. The minimum atomic E-state index is -1.07. The van der Waals surface area contributed by atoms with Crippen molar-refractivity contribution >= 4 is 46.8 Å². The molecule has 0 saturated heterocycles. The van der Waals surface area contributed by atoms with Crippen LogP contribution in [0.3, 0.4) is 0 Å². The van der Waals surface area contributed by atoms with Crippen LogP contribution < -0.4 is 20.3 Å². The van der Waals surface area contributed by atoms with Gasteiger partial charge in [0.1, 0.15) is 30.0 Å². The zero-order valence-electron chi connectivity index (χ0n) is 21.2. The van der Waals surface area contributed by atoms with E-state index in [1.807, 2.05) is 0 Å². The van der Waals surface area contributed by atoms with Gasteiger partial charge in [-0.25, -0.2) is 4.79 Å². The molecule has 3 rings (SSSR count). The monoisotopic (exact) mass is 551 g/mol. The molecule has 0 bridgehead atoms. The lowest BCUT2D eigenvalue weighted by atomic mass is 10.0. The van der Waals surface area contributed by atoms with Gasteiger partial charge < -0.3 is 29.7 Å². The zero-order chi connectivity index (χ0) is 27.2. The van der Waals surface area contributed by atoms with Crippen molar-refractivity contribution in [3.8, 4) is 5.75 Å². The van der Waals surface area contributed by atoms with Gasteiger partial charge in [-0.3, -0.25) is 9.59 Å². The van der Waals surface area contributed by atoms with Crippen LogP contribution in [0.5, 0.6) is 5.75 Å². The molecule has 0 unspecified atom stereocenters. The van der Waals surface area contributed by atoms with Gasteiger partial charge in [0.25, 0.3) is 5.91 Å². The van der Waals surface area contributed by atoms with Crippen molar-refractivity contribution in [2.75, 3.05) is 31.8 Å². The Balaban J connectivity index is 1.84. The molecule has 2 aromatic rings. The Morgan fingerprint density at radius 3 is 2.59 bits per heavy atom. The van der Waals surface area contributed by atoms with Crippen LogP contribution in [0.1, 0.15) is 26.3 Å². The Hall–Kier alpha value is -3.01. The molecule has 0 fully saturated rings. The maximum absolute atomic E-state index is 13.5. The van der Waals surface area contributed by atoms with Gasteiger partial charge in [0.15, 0.2) is 0 Å². The molecule has 37 heavy (non-hydrogen) atoms. The fourth-order valence-electron chi connectivity index (χ4n) is 3.71. The Bertz CT molecular complexity index is 1140. The van der Waals surface area contributed by atoms with Crippen molar-refractivity contribution in [1.82, 2.24) is 10.6 Å². The summed E-state index contributed by atoms with van der Waals surface area (Å²) >= 11 is 12.4. The molecular weight excluding hydrogens is 521 g/mol. The molecule has 0 aliphatic carbocycles. The summed E-state index contributed by atoms with van der Waals surface area (Å²) in [6.07, 6.45) is -0.692. The normalized spacial score (nSPS) is 16.2. The van der Waals surface area contributed by atoms with Gasteiger partial charge in [-0.1, -0.05) is 41.4 Å². The van der Waals surface area contributed by atoms with Gasteiger partial charge in [0, 0.05) is 36.2 Å². The number of halogens is 2. The van der Waals surface area contributed by atoms with E-state index in [4.69, 9.17) is 37.4 Å². The van der Waals surface area contributed by atoms with Crippen LogP contribution in [0.4, 0.5) is 10.5 Å². The third-order valence-electron chi connectivity index (χ3n) is 5.41. The van der Waals surface area contributed by atoms with E-state index in [-0.39, 0.29) is 32.1 Å². The molecule has 0 spiro atoms. The van der Waals surface area contributed by atoms with Crippen LogP contribution in [0.2, 0.25) is 10.0 Å². The minimum absolute atomic E-state index is 0.0791. The standard InChI is InChI=1S/C26H31Cl2N3O6/c1-26(2,3)37-25(34)30-19(13-16-7-5-6-8-18(16)28)23(32)29-20-15-36-22-14-17(27)9-10-21(22)31(24(20)33)11-12-35-4/h5-10,14,19-20H,11-13,15H2,1-4H3,(H,29,32)(H,30,34)/t19-,20-/m1/s1. The SMILES string of the molecule is COCCN1C(=O)[C@H](NC(=O)[C@@H](Cc2ccccc2Cl)NC(=O)OC(C)(C)C)COc2cc(Cl)ccc21. The number of hydrogen-bond acceptors (Lipinski definition) is 6. The number of methoxy groups -OCH3 is 1. The van der Waals surface area contributed by atoms with Crippen LogP contribution in [0.15, 0.2) is 42.5 Å². The highest BCUT2D eigenvalue weighted by atomic mass is 35.5. The highest BCUT2D eigenvalue weighted by Crippen LogP contribution is 2.34. The number of rotatable bonds is 8. The van der Waals surface area contributed by atoms with Crippen LogP contribution in [0, 0.1) is 0 Å². The molecule has 0 radical (unpaired) electrons. The summed E-state index contributed by atoms with van der Waals surface area (Å²) in [4.78, 5) is 40.9. The maximum atomic E-state index is 13.5. The number of fused-ring (bicyclic) bond motifs is 1. The van der Waals surface area contributed by atoms with E-state index in [9.17, 15) is 14.4 Å². The van der Waals surface area contributed by atoms with Crippen LogP contribution in [0.25, 0.3) is 0 Å². The second-order valence-electron chi connectivity index (χ2n) is 9.46. The second-order valence-corrected chi connectivity index (χ2v) is 10.3. The van der Waals surface area contributed by atoms with Crippen molar-refractivity contribution in [1.29, 1.82) is 0 Å². The molecule has 1 aliphatic heterocycles. The summed E-state index contributed by atoms with van der Waals surface area (Å²) in [6, 6.07) is 9.83. The molecule has 0 aromatic heterocycles. The summed E-state index contributed by atoms with van der Waals surface area (Å²) < 4.78 is 16.4. The summed E-state index contributed by atoms with van der Waals surface area (Å²) in [6.45, 7) is 5.52. The fourth-order valence-corrected chi connectivity index (χ4v) is 4.08. The lowest BCUT2D eigenvalue weighted by molar-refractivity contribution is -0.129. The smallest absolute Gasteiger partial charge is 0.408 e. The number of nitrogens with zero attached hydrogens (tertiary/aromatic N) is 1. The lowest BCUT2D eigenvalue weighted by Crippen LogP contribution is -2.56. The number of carbonyl (C=O) groups excluding carboxylic acids is 3. The Kier molecular flexibility index (Phi) is 9.64. The molecule has 2 N–H and O–H groups in total. The van der Waals surface area contributed by atoms with Gasteiger partial charge >= 0.3 is 6.09 Å². The summed E-state index contributed by atoms with van der Waals surface area (Å²) in [5, 5.41) is 6.22. The number of ether oxygens (including phenoxy) is 3. The third-order valence-corrected chi connectivity index (χ3v) is 6.01. The first kappa shape index (κ1) is 28.6. The van der Waals surface area contributed by atoms with E-state index in [2.05, 4.69) is 10.6 Å². The average molecular weight is 552 g/mol. The number of nitrogens with one attached hydrogen (secondary N) is 2. The molecule has 9 nitrogen and oxygen atoms in total. The van der Waals surface area contributed by atoms with E-state index in [1.54, 1.807) is 63.2 Å². The Labute approximate surface area is 226 Å². The quantitative estimate of drug-likeness (QED) is 0.513. The molecule has 11 heteroatoms. The van der Waals surface area contributed by atoms with Crippen molar-refractivity contribution < 1.29 is 28.6 Å². The molecule has 1 aliphatic rings. The van der Waals surface area contributed by atoms with Crippen molar-refractivity contribution in [2.45, 2.75) is 44.9 Å². The molecule has 1 heterocycles. The Morgan fingerprint density at radius 1 is 1.19 bits per heavy atom. The minimum Gasteiger partial charge on any atom is -0.489 e. The van der Waals surface area contributed by atoms with E-state index >= 15 is 0 Å². The number of carbonyl (C=O) groups is 3. The molecule has 2 aromatic carbocycles. The van der Waals surface area contributed by atoms with Crippen molar-refractivity contribution in [2.24, 2.45) is 0 Å². The van der Waals surface area contributed by atoms with Crippen LogP contribution in [-0.2, 0) is 25.5 Å². The first-order valence-electron chi connectivity index (χ1n) is 11.7. The average Bonchev–Trinajstić information content (AvgIpc) is 2.93. The van der Waals surface area contributed by atoms with Gasteiger partial charge in [-0.15, -0.1) is 0 Å². The Morgan fingerprint density at radius 2 is 1.92 bits per heavy atom. The highest BCUT2D eigenvalue weighted by molar-refractivity contribution is 6.31. The topological polar surface area (TPSA) is 106 Å². The number of hydrogen-bond donors (Lipinski definition) is 2. The van der Waals surface area contributed by atoms with Crippen LogP contribution in [-0.4, -0.2) is 62.5 Å². The lowest BCUT2D eigenvalue weighted by Gasteiger charge is -2.27. The predicted octanol–water partition coefficient (Wildman–Crippen LogP) is 3.99. The maximum Gasteiger partial charge on any atom is 0.408 e. The van der Waals surface area contributed by atoms with Gasteiger partial charge in [-0.2, -0.15) is 0 Å². The molecular formula is C26H31Cl2N3O6. The molecule has 2 atom stereocenters. The number of benzene rings is 2. The summed E-state index contributed by atoms with van der Waals surface area (Å²) in [5.41, 5.74) is 0.394. The van der Waals surface area contributed by atoms with Gasteiger partial charge in [0.05, 0.1) is 12.3 Å². The van der Waals surface area contributed by atoms with Crippen LogP contribution >= 0.6 is 23.2 Å². The fraction of sp³-hybridized carbons (Fsp3) is 0.423. The van der Waals surface area contributed by atoms with E-state index in [0.717, 1.165) is 0 Å². The van der Waals surface area contributed by atoms with E-state index in [0.29, 0.717) is 27.0 Å². The zero-order valence-corrected chi connectivity index (χ0v) is 22.7. The third kappa shape index (κ3) is 7.99. The van der Waals surface area contributed by atoms with E-state index in [1.165, 1.54) is 12.0 Å². The van der Waals surface area contributed by atoms with Crippen molar-refractivity contribution in [3.05, 3.63) is 58.1 Å². The summed E-state index contributed by atoms with van der Waals surface area (Å²) in [5.74, 6) is -0.572. The molecule has 3 amide bonds. The number of alkyl carbamates (subject to hydrolysis) is 1. The van der Waals surface area contributed by atoms with E-state index < -0.39 is 29.7 Å². The highest BCUT2D eigenvalue weighted by Gasteiger charge is 2.35.